The summed E-state index contributed by atoms with van der Waals surface area (Å²) in [5.41, 5.74) is 1.95. The third-order valence-corrected chi connectivity index (χ3v) is 5.07. The second kappa shape index (κ2) is 8.88. The molecule has 1 aromatic carbocycles. The number of alkyl halides is 1. The van der Waals surface area contributed by atoms with E-state index in [1.807, 2.05) is 24.3 Å². The molecule has 0 amide bonds. The number of oxazole rings is 1. The highest BCUT2D eigenvalue weighted by Gasteiger charge is 2.19. The molecule has 1 fully saturated rings. The van der Waals surface area contributed by atoms with Crippen molar-refractivity contribution >= 4 is 27.5 Å². The molecule has 1 aromatic heterocycles. The van der Waals surface area contributed by atoms with Crippen molar-refractivity contribution in [3.8, 4) is 17.2 Å². The van der Waals surface area contributed by atoms with Crippen molar-refractivity contribution < 1.29 is 9.15 Å². The summed E-state index contributed by atoms with van der Waals surface area (Å²) in [7, 11) is 0. The van der Waals surface area contributed by atoms with Crippen LogP contribution in [-0.4, -0.2) is 30.6 Å². The summed E-state index contributed by atoms with van der Waals surface area (Å²) in [4.78, 5) is 4.68. The van der Waals surface area contributed by atoms with Crippen LogP contribution in [0.2, 0.25) is 0 Å². The van der Waals surface area contributed by atoms with Crippen molar-refractivity contribution in [3.63, 3.8) is 0 Å². The van der Waals surface area contributed by atoms with Crippen molar-refractivity contribution in [2.75, 3.05) is 25.6 Å². The van der Waals surface area contributed by atoms with Gasteiger partial charge in [0.15, 0.2) is 4.67 Å². The van der Waals surface area contributed by atoms with E-state index in [0.29, 0.717) is 24.3 Å². The molecule has 24 heavy (non-hydrogen) atoms. The molecule has 1 saturated heterocycles. The lowest BCUT2D eigenvalue weighted by molar-refractivity contribution is 0.318. The van der Waals surface area contributed by atoms with E-state index in [2.05, 4.69) is 26.2 Å². The Balaban J connectivity index is 1.65. The van der Waals surface area contributed by atoms with Gasteiger partial charge in [-0.2, -0.15) is 0 Å². The summed E-state index contributed by atoms with van der Waals surface area (Å²) in [6.45, 7) is 2.82. The lowest BCUT2D eigenvalue weighted by Gasteiger charge is -2.21. The van der Waals surface area contributed by atoms with Crippen molar-refractivity contribution in [2.24, 2.45) is 5.92 Å². The second-order valence-electron chi connectivity index (χ2n) is 6.07. The number of piperidine rings is 1. The van der Waals surface area contributed by atoms with Crippen LogP contribution in [0.15, 0.2) is 33.4 Å². The SMILES string of the molecule is ClCCCOc1ccc(-c2nc(CC3CCCNC3)c(Br)o2)cc1. The standard InChI is InChI=1S/C18H22BrClN2O2/c19-17-16(11-13-3-1-9-21-12-13)22-18(24-17)14-4-6-15(7-5-14)23-10-2-8-20/h4-7,13,21H,1-3,8-12H2. The molecule has 0 saturated carbocycles. The highest BCUT2D eigenvalue weighted by atomic mass is 79.9. The number of hydrogen-bond donors (Lipinski definition) is 1. The second-order valence-corrected chi connectivity index (χ2v) is 7.17. The van der Waals surface area contributed by atoms with Gasteiger partial charge in [0.05, 0.1) is 12.3 Å². The van der Waals surface area contributed by atoms with Gasteiger partial charge in [-0.1, -0.05) is 0 Å². The smallest absolute Gasteiger partial charge is 0.227 e. The average Bonchev–Trinajstić information content (AvgIpc) is 2.97. The molecular weight excluding hydrogens is 392 g/mol. The Kier molecular flexibility index (Phi) is 6.58. The molecule has 6 heteroatoms. The number of rotatable bonds is 7. The van der Waals surface area contributed by atoms with Crippen LogP contribution in [0.4, 0.5) is 0 Å². The minimum absolute atomic E-state index is 0.613. The summed E-state index contributed by atoms with van der Waals surface area (Å²) in [5, 5.41) is 3.44. The fourth-order valence-electron chi connectivity index (χ4n) is 2.89. The minimum atomic E-state index is 0.613. The first-order chi connectivity index (χ1) is 11.8. The van der Waals surface area contributed by atoms with Gasteiger partial charge in [-0.05, 0) is 84.9 Å². The van der Waals surface area contributed by atoms with Crippen LogP contribution in [0, 0.1) is 5.92 Å². The zero-order chi connectivity index (χ0) is 16.8. The number of nitrogens with zero attached hydrogens (tertiary/aromatic N) is 1. The van der Waals surface area contributed by atoms with Crippen molar-refractivity contribution in [2.45, 2.75) is 25.7 Å². The predicted octanol–water partition coefficient (Wildman–Crippen LogP) is 4.65. The molecule has 0 radical (unpaired) electrons. The number of ether oxygens (including phenoxy) is 1. The normalized spacial score (nSPS) is 17.8. The van der Waals surface area contributed by atoms with Crippen LogP contribution in [-0.2, 0) is 6.42 Å². The van der Waals surface area contributed by atoms with Crippen LogP contribution in [0.5, 0.6) is 5.75 Å². The van der Waals surface area contributed by atoms with Gasteiger partial charge < -0.3 is 14.5 Å². The van der Waals surface area contributed by atoms with E-state index in [0.717, 1.165) is 47.6 Å². The Hall–Kier alpha value is -1.04. The van der Waals surface area contributed by atoms with Gasteiger partial charge in [0, 0.05) is 11.4 Å². The Morgan fingerprint density at radius 3 is 2.88 bits per heavy atom. The quantitative estimate of drug-likeness (QED) is 0.530. The molecule has 130 valence electrons. The zero-order valence-corrected chi connectivity index (χ0v) is 15.9. The van der Waals surface area contributed by atoms with Crippen LogP contribution in [0.25, 0.3) is 11.5 Å². The molecule has 4 nitrogen and oxygen atoms in total. The molecular formula is C18H22BrClN2O2. The van der Waals surface area contributed by atoms with E-state index >= 15 is 0 Å². The van der Waals surface area contributed by atoms with Gasteiger partial charge in [-0.15, -0.1) is 11.6 Å². The number of aromatic nitrogens is 1. The number of halogens is 2. The maximum atomic E-state index is 5.81. The number of benzene rings is 1. The summed E-state index contributed by atoms with van der Waals surface area (Å²) >= 11 is 9.16. The lowest BCUT2D eigenvalue weighted by atomic mass is 9.95. The fourth-order valence-corrected chi connectivity index (χ4v) is 3.41. The zero-order valence-electron chi connectivity index (χ0n) is 13.6. The maximum Gasteiger partial charge on any atom is 0.227 e. The fraction of sp³-hybridized carbons (Fsp3) is 0.500. The average molecular weight is 414 g/mol. The summed E-state index contributed by atoms with van der Waals surface area (Å²) in [6.07, 6.45) is 4.26. The first-order valence-electron chi connectivity index (χ1n) is 8.41. The van der Waals surface area contributed by atoms with E-state index in [-0.39, 0.29) is 0 Å². The van der Waals surface area contributed by atoms with Gasteiger partial charge in [0.2, 0.25) is 5.89 Å². The van der Waals surface area contributed by atoms with Crippen molar-refractivity contribution in [3.05, 3.63) is 34.6 Å². The topological polar surface area (TPSA) is 47.3 Å². The van der Waals surface area contributed by atoms with Crippen LogP contribution < -0.4 is 10.1 Å². The molecule has 3 rings (SSSR count). The maximum absolute atomic E-state index is 5.81. The van der Waals surface area contributed by atoms with Gasteiger partial charge in [-0.25, -0.2) is 4.98 Å². The monoisotopic (exact) mass is 412 g/mol. The number of hydrogen-bond acceptors (Lipinski definition) is 4. The summed E-state index contributed by atoms with van der Waals surface area (Å²) in [5.74, 6) is 2.73. The molecule has 1 unspecified atom stereocenters. The highest BCUT2D eigenvalue weighted by Crippen LogP contribution is 2.29. The van der Waals surface area contributed by atoms with E-state index in [1.165, 1.54) is 12.8 Å². The molecule has 0 aliphatic carbocycles. The van der Waals surface area contributed by atoms with Crippen LogP contribution in [0.3, 0.4) is 0 Å². The van der Waals surface area contributed by atoms with E-state index in [4.69, 9.17) is 20.8 Å². The molecule has 1 aliphatic heterocycles. The third kappa shape index (κ3) is 4.74. The Labute approximate surface area is 156 Å². The van der Waals surface area contributed by atoms with Crippen molar-refractivity contribution in [1.29, 1.82) is 0 Å². The molecule has 1 N–H and O–H groups in total. The van der Waals surface area contributed by atoms with Gasteiger partial charge >= 0.3 is 0 Å². The Morgan fingerprint density at radius 2 is 2.17 bits per heavy atom. The Morgan fingerprint density at radius 1 is 1.33 bits per heavy atom. The molecule has 2 aromatic rings. The first kappa shape index (κ1) is 17.8. The molecule has 2 heterocycles. The third-order valence-electron chi connectivity index (χ3n) is 4.18. The molecule has 0 bridgehead atoms. The van der Waals surface area contributed by atoms with Crippen LogP contribution >= 0.6 is 27.5 Å². The summed E-state index contributed by atoms with van der Waals surface area (Å²) in [6, 6.07) is 7.82. The Bertz CT molecular complexity index is 639. The molecule has 1 atom stereocenters. The largest absolute Gasteiger partial charge is 0.494 e. The van der Waals surface area contributed by atoms with Gasteiger partial charge in [-0.3, -0.25) is 0 Å². The van der Waals surface area contributed by atoms with E-state index < -0.39 is 0 Å². The van der Waals surface area contributed by atoms with Crippen molar-refractivity contribution in [1.82, 2.24) is 10.3 Å². The first-order valence-corrected chi connectivity index (χ1v) is 9.74. The molecule has 1 aliphatic rings. The summed E-state index contributed by atoms with van der Waals surface area (Å²) < 4.78 is 12.2. The molecule has 0 spiro atoms. The lowest BCUT2D eigenvalue weighted by Crippen LogP contribution is -2.30. The van der Waals surface area contributed by atoms with Gasteiger partial charge in [0.1, 0.15) is 5.75 Å². The predicted molar refractivity (Wildman–Crippen MR) is 99.8 cm³/mol. The van der Waals surface area contributed by atoms with Crippen LogP contribution in [0.1, 0.15) is 25.0 Å². The van der Waals surface area contributed by atoms with Gasteiger partial charge in [0.25, 0.3) is 0 Å². The van der Waals surface area contributed by atoms with E-state index in [9.17, 15) is 0 Å². The number of nitrogens with one attached hydrogen (secondary N) is 1. The van der Waals surface area contributed by atoms with E-state index in [1.54, 1.807) is 0 Å². The minimum Gasteiger partial charge on any atom is -0.494 e. The highest BCUT2D eigenvalue weighted by molar-refractivity contribution is 9.10.